The Morgan fingerprint density at radius 1 is 1.15 bits per heavy atom. The summed E-state index contributed by atoms with van der Waals surface area (Å²) in [7, 11) is 0. The lowest BCUT2D eigenvalue weighted by molar-refractivity contribution is 0.331. The molecule has 2 atom stereocenters. The van der Waals surface area contributed by atoms with E-state index >= 15 is 0 Å². The Labute approximate surface area is 129 Å². The number of hydrogen-bond acceptors (Lipinski definition) is 3. The van der Waals surface area contributed by atoms with Crippen LogP contribution in [-0.2, 0) is 0 Å². The van der Waals surface area contributed by atoms with E-state index in [0.717, 1.165) is 10.1 Å². The summed E-state index contributed by atoms with van der Waals surface area (Å²) >= 11 is 7.61. The Bertz CT molecular complexity index is 555. The fourth-order valence-electron chi connectivity index (χ4n) is 2.23. The van der Waals surface area contributed by atoms with Gasteiger partial charge in [0.2, 0.25) is 0 Å². The molecule has 1 heterocycles. The van der Waals surface area contributed by atoms with Gasteiger partial charge in [0.1, 0.15) is 5.75 Å². The summed E-state index contributed by atoms with van der Waals surface area (Å²) in [6.07, 6.45) is 0. The van der Waals surface area contributed by atoms with Gasteiger partial charge in [0.05, 0.1) is 10.9 Å². The SMILES string of the molecule is CCOc1ccccc1C(C)NC(C)c1ccc(Cl)s1. The Morgan fingerprint density at radius 3 is 2.55 bits per heavy atom. The first kappa shape index (κ1) is 15.4. The molecule has 0 fully saturated rings. The number of thiophene rings is 1. The lowest BCUT2D eigenvalue weighted by atomic mass is 10.1. The predicted octanol–water partition coefficient (Wildman–Crippen LogP) is 5.21. The number of benzene rings is 1. The van der Waals surface area contributed by atoms with Gasteiger partial charge in [0.15, 0.2) is 0 Å². The lowest BCUT2D eigenvalue weighted by Gasteiger charge is -2.21. The van der Waals surface area contributed by atoms with Crippen LogP contribution in [0.2, 0.25) is 4.34 Å². The molecule has 0 saturated carbocycles. The molecule has 1 N–H and O–H groups in total. The van der Waals surface area contributed by atoms with Gasteiger partial charge < -0.3 is 10.1 Å². The van der Waals surface area contributed by atoms with E-state index in [1.807, 2.05) is 31.2 Å². The molecule has 0 bridgehead atoms. The van der Waals surface area contributed by atoms with Crippen LogP contribution in [0.4, 0.5) is 0 Å². The molecule has 0 amide bonds. The first-order chi connectivity index (χ1) is 9.61. The zero-order chi connectivity index (χ0) is 14.5. The van der Waals surface area contributed by atoms with E-state index in [4.69, 9.17) is 16.3 Å². The van der Waals surface area contributed by atoms with Gasteiger partial charge in [-0.3, -0.25) is 0 Å². The van der Waals surface area contributed by atoms with Gasteiger partial charge in [0, 0.05) is 22.5 Å². The molecule has 1 aromatic carbocycles. The molecule has 2 aromatic rings. The molecule has 0 aliphatic heterocycles. The summed E-state index contributed by atoms with van der Waals surface area (Å²) in [5.74, 6) is 0.950. The van der Waals surface area contributed by atoms with E-state index in [1.165, 1.54) is 10.4 Å². The van der Waals surface area contributed by atoms with Crippen LogP contribution in [0.15, 0.2) is 36.4 Å². The van der Waals surface area contributed by atoms with Crippen molar-refractivity contribution in [3.8, 4) is 5.75 Å². The highest BCUT2D eigenvalue weighted by molar-refractivity contribution is 7.16. The summed E-state index contributed by atoms with van der Waals surface area (Å²) in [5.41, 5.74) is 1.18. The van der Waals surface area contributed by atoms with Crippen molar-refractivity contribution in [1.29, 1.82) is 0 Å². The number of hydrogen-bond donors (Lipinski definition) is 1. The van der Waals surface area contributed by atoms with Crippen LogP contribution in [0.3, 0.4) is 0 Å². The molecule has 4 heteroatoms. The summed E-state index contributed by atoms with van der Waals surface area (Å²) < 4.78 is 6.52. The van der Waals surface area contributed by atoms with E-state index in [1.54, 1.807) is 11.3 Å². The van der Waals surface area contributed by atoms with Gasteiger partial charge >= 0.3 is 0 Å². The maximum atomic E-state index is 6.00. The molecule has 0 saturated heterocycles. The van der Waals surface area contributed by atoms with Crippen molar-refractivity contribution in [2.24, 2.45) is 0 Å². The monoisotopic (exact) mass is 309 g/mol. The van der Waals surface area contributed by atoms with Crippen LogP contribution < -0.4 is 10.1 Å². The Balaban J connectivity index is 2.09. The highest BCUT2D eigenvalue weighted by atomic mass is 35.5. The minimum Gasteiger partial charge on any atom is -0.494 e. The van der Waals surface area contributed by atoms with Crippen molar-refractivity contribution in [3.05, 3.63) is 51.2 Å². The molecule has 108 valence electrons. The van der Waals surface area contributed by atoms with Crippen LogP contribution in [0.1, 0.15) is 43.3 Å². The minimum atomic E-state index is 0.216. The largest absolute Gasteiger partial charge is 0.494 e. The van der Waals surface area contributed by atoms with Crippen LogP contribution in [0.25, 0.3) is 0 Å². The fraction of sp³-hybridized carbons (Fsp3) is 0.375. The van der Waals surface area contributed by atoms with Crippen LogP contribution in [0.5, 0.6) is 5.75 Å². The normalized spacial score (nSPS) is 14.0. The lowest BCUT2D eigenvalue weighted by Crippen LogP contribution is -2.22. The second kappa shape index (κ2) is 7.11. The second-order valence-electron chi connectivity index (χ2n) is 4.72. The highest BCUT2D eigenvalue weighted by Crippen LogP contribution is 2.30. The molecular formula is C16H20ClNOS. The maximum Gasteiger partial charge on any atom is 0.124 e. The van der Waals surface area contributed by atoms with E-state index in [-0.39, 0.29) is 12.1 Å². The molecule has 1 aromatic heterocycles. The van der Waals surface area contributed by atoms with Crippen molar-refractivity contribution in [1.82, 2.24) is 5.32 Å². The number of nitrogens with one attached hydrogen (secondary N) is 1. The van der Waals surface area contributed by atoms with E-state index in [0.29, 0.717) is 6.61 Å². The fourth-order valence-corrected chi connectivity index (χ4v) is 3.31. The Kier molecular flexibility index (Phi) is 5.46. The molecule has 20 heavy (non-hydrogen) atoms. The van der Waals surface area contributed by atoms with Crippen molar-refractivity contribution in [2.45, 2.75) is 32.9 Å². The summed E-state index contributed by atoms with van der Waals surface area (Å²) in [5, 5.41) is 3.60. The summed E-state index contributed by atoms with van der Waals surface area (Å²) in [4.78, 5) is 1.25. The molecule has 2 rings (SSSR count). The molecule has 0 aliphatic carbocycles. The van der Waals surface area contributed by atoms with Crippen LogP contribution >= 0.6 is 22.9 Å². The molecule has 0 spiro atoms. The number of para-hydroxylation sites is 1. The Hall–Kier alpha value is -1.03. The van der Waals surface area contributed by atoms with Gasteiger partial charge in [-0.05, 0) is 39.0 Å². The van der Waals surface area contributed by atoms with Crippen molar-refractivity contribution in [3.63, 3.8) is 0 Å². The van der Waals surface area contributed by atoms with Crippen molar-refractivity contribution >= 4 is 22.9 Å². The number of rotatable bonds is 6. The van der Waals surface area contributed by atoms with Crippen LogP contribution in [-0.4, -0.2) is 6.61 Å². The minimum absolute atomic E-state index is 0.216. The van der Waals surface area contributed by atoms with Crippen LogP contribution in [0, 0.1) is 0 Å². The van der Waals surface area contributed by atoms with Crippen molar-refractivity contribution in [2.75, 3.05) is 6.61 Å². The maximum absolute atomic E-state index is 6.00. The third-order valence-corrected chi connectivity index (χ3v) is 4.62. The highest BCUT2D eigenvalue weighted by Gasteiger charge is 2.15. The number of halogens is 1. The first-order valence-electron chi connectivity index (χ1n) is 6.84. The Morgan fingerprint density at radius 2 is 1.90 bits per heavy atom. The molecule has 2 nitrogen and oxygen atoms in total. The first-order valence-corrected chi connectivity index (χ1v) is 8.04. The summed E-state index contributed by atoms with van der Waals surface area (Å²) in [6, 6.07) is 12.7. The van der Waals surface area contributed by atoms with Gasteiger partial charge in [-0.25, -0.2) is 0 Å². The standard InChI is InChI=1S/C16H20ClNOS/c1-4-19-14-8-6-5-7-13(14)11(2)18-12(3)15-9-10-16(17)20-15/h5-12,18H,4H2,1-3H3. The third-order valence-electron chi connectivity index (χ3n) is 3.21. The quantitative estimate of drug-likeness (QED) is 0.790. The van der Waals surface area contributed by atoms with Crippen molar-refractivity contribution < 1.29 is 4.74 Å². The average molecular weight is 310 g/mol. The van der Waals surface area contributed by atoms with Gasteiger partial charge in [-0.15, -0.1) is 11.3 Å². The zero-order valence-corrected chi connectivity index (χ0v) is 13.6. The van der Waals surface area contributed by atoms with E-state index in [2.05, 4.69) is 31.3 Å². The van der Waals surface area contributed by atoms with Gasteiger partial charge in [0.25, 0.3) is 0 Å². The number of ether oxygens (including phenoxy) is 1. The van der Waals surface area contributed by atoms with Gasteiger partial charge in [-0.2, -0.15) is 0 Å². The predicted molar refractivity (Wildman–Crippen MR) is 86.9 cm³/mol. The zero-order valence-electron chi connectivity index (χ0n) is 12.0. The molecule has 0 aliphatic rings. The van der Waals surface area contributed by atoms with Gasteiger partial charge in [-0.1, -0.05) is 29.8 Å². The molecule has 0 radical (unpaired) electrons. The average Bonchev–Trinajstić information content (AvgIpc) is 2.86. The molecular weight excluding hydrogens is 290 g/mol. The molecule has 2 unspecified atom stereocenters. The van der Waals surface area contributed by atoms with E-state index < -0.39 is 0 Å². The topological polar surface area (TPSA) is 21.3 Å². The van der Waals surface area contributed by atoms with E-state index in [9.17, 15) is 0 Å². The smallest absolute Gasteiger partial charge is 0.124 e. The third kappa shape index (κ3) is 3.75. The summed E-state index contributed by atoms with van der Waals surface area (Å²) in [6.45, 7) is 7.00. The second-order valence-corrected chi connectivity index (χ2v) is 6.47.